The van der Waals surface area contributed by atoms with Crippen molar-refractivity contribution in [2.75, 3.05) is 11.8 Å². The molecule has 0 unspecified atom stereocenters. The van der Waals surface area contributed by atoms with Crippen molar-refractivity contribution < 1.29 is 26.4 Å². The molecule has 1 fully saturated rings. The van der Waals surface area contributed by atoms with Crippen LogP contribution in [0.1, 0.15) is 74.5 Å². The van der Waals surface area contributed by atoms with E-state index in [-0.39, 0.29) is 10.9 Å². The molecule has 1 aliphatic rings. The molecule has 0 saturated heterocycles. The van der Waals surface area contributed by atoms with Gasteiger partial charge in [0.2, 0.25) is 0 Å². The summed E-state index contributed by atoms with van der Waals surface area (Å²) in [4.78, 5) is 11.1. The predicted molar refractivity (Wildman–Crippen MR) is 143 cm³/mol. The number of methoxy groups -OCH3 is 1. The van der Waals surface area contributed by atoms with Gasteiger partial charge in [-0.2, -0.15) is 0 Å². The molecule has 11 heteroatoms. The Morgan fingerprint density at radius 2 is 1.75 bits per heavy atom. The van der Waals surface area contributed by atoms with Gasteiger partial charge in [-0.3, -0.25) is 4.72 Å². The third-order valence-corrected chi connectivity index (χ3v) is 11.6. The zero-order valence-electron chi connectivity index (χ0n) is 21.2. The number of carbonyl (C=O) groups excluding carboxylic acids is 1. The van der Waals surface area contributed by atoms with E-state index < -0.39 is 40.9 Å². The van der Waals surface area contributed by atoms with Gasteiger partial charge in [0, 0.05) is 18.0 Å². The Balaban J connectivity index is 1.87. The average Bonchev–Trinajstić information content (AvgIpc) is 3.31. The van der Waals surface area contributed by atoms with Gasteiger partial charge in [0.05, 0.1) is 22.9 Å². The van der Waals surface area contributed by atoms with Crippen molar-refractivity contribution >= 4 is 42.9 Å². The van der Waals surface area contributed by atoms with Crippen LogP contribution in [-0.2, 0) is 31.1 Å². The fourth-order valence-electron chi connectivity index (χ4n) is 4.53. The van der Waals surface area contributed by atoms with Gasteiger partial charge in [0.15, 0.2) is 9.84 Å². The number of rotatable bonds is 11. The monoisotopic (exact) mass is 556 g/mol. The van der Waals surface area contributed by atoms with Gasteiger partial charge in [-0.05, 0) is 44.7 Å². The van der Waals surface area contributed by atoms with E-state index in [4.69, 9.17) is 4.74 Å². The molecule has 36 heavy (non-hydrogen) atoms. The van der Waals surface area contributed by atoms with Crippen molar-refractivity contribution in [1.82, 2.24) is 5.32 Å². The van der Waals surface area contributed by atoms with Gasteiger partial charge >= 0.3 is 5.97 Å². The smallest absolute Gasteiger partial charge is 0.349 e. The van der Waals surface area contributed by atoms with Crippen LogP contribution in [0.5, 0.6) is 0 Å². The molecule has 2 N–H and O–H groups in total. The van der Waals surface area contributed by atoms with E-state index >= 15 is 0 Å². The lowest BCUT2D eigenvalue weighted by Crippen LogP contribution is -2.29. The van der Waals surface area contributed by atoms with Crippen LogP contribution in [0.4, 0.5) is 5.69 Å². The third-order valence-electron chi connectivity index (χ3n) is 6.59. The van der Waals surface area contributed by atoms with E-state index in [2.05, 4.69) is 17.0 Å². The van der Waals surface area contributed by atoms with Crippen molar-refractivity contribution in [3.63, 3.8) is 0 Å². The van der Waals surface area contributed by atoms with E-state index in [0.717, 1.165) is 30.4 Å². The lowest BCUT2D eigenvalue weighted by Gasteiger charge is -2.25. The summed E-state index contributed by atoms with van der Waals surface area (Å²) in [6, 6.07) is 7.23. The number of anilines is 1. The Hall–Kier alpha value is -1.95. The minimum atomic E-state index is -4.43. The predicted octanol–water partition coefficient (Wildman–Crippen LogP) is 4.97. The number of sulfonamides is 1. The minimum absolute atomic E-state index is 0.267. The zero-order chi connectivity index (χ0) is 26.5. The number of esters is 1. The molecule has 1 aliphatic carbocycles. The summed E-state index contributed by atoms with van der Waals surface area (Å²) in [6.07, 6.45) is 7.47. The van der Waals surface area contributed by atoms with Crippen LogP contribution < -0.4 is 10.0 Å². The number of hydrogen-bond acceptors (Lipinski definition) is 8. The Kier molecular flexibility index (Phi) is 9.59. The van der Waals surface area contributed by atoms with E-state index in [1.165, 1.54) is 51.3 Å². The van der Waals surface area contributed by atoms with Crippen LogP contribution in [0.15, 0.2) is 39.4 Å². The van der Waals surface area contributed by atoms with E-state index in [1.807, 2.05) is 12.1 Å². The number of nitrogens with one attached hydrogen (secondary N) is 2. The second-order valence-corrected chi connectivity index (χ2v) is 14.6. The van der Waals surface area contributed by atoms with Crippen LogP contribution in [0.3, 0.4) is 0 Å². The molecule has 0 radical (unpaired) electrons. The SMILES string of the molecule is COC(=O)c1scc(S(=O)(=O)C(C)C)c1S(=O)(=O)Nc1ccccc1CN[C@@H](C)CC1CCCCC1. The van der Waals surface area contributed by atoms with Crippen molar-refractivity contribution in [1.29, 1.82) is 0 Å². The molecule has 1 aromatic heterocycles. The first-order valence-electron chi connectivity index (χ1n) is 12.2. The number of ether oxygens (including phenoxy) is 1. The summed E-state index contributed by atoms with van der Waals surface area (Å²) in [7, 11) is -7.29. The number of hydrogen-bond donors (Lipinski definition) is 2. The minimum Gasteiger partial charge on any atom is -0.465 e. The van der Waals surface area contributed by atoms with Gasteiger partial charge in [-0.15, -0.1) is 11.3 Å². The number of benzene rings is 1. The lowest BCUT2D eigenvalue weighted by molar-refractivity contribution is 0.0602. The maximum Gasteiger partial charge on any atom is 0.349 e. The fourth-order valence-corrected chi connectivity index (χ4v) is 9.35. The molecule has 0 amide bonds. The normalized spacial score (nSPS) is 16.1. The molecular weight excluding hydrogens is 520 g/mol. The average molecular weight is 557 g/mol. The Labute approximate surface area is 218 Å². The molecule has 1 heterocycles. The maximum absolute atomic E-state index is 13.5. The molecular formula is C25H36N2O6S3. The van der Waals surface area contributed by atoms with Crippen LogP contribution in [0.25, 0.3) is 0 Å². The lowest BCUT2D eigenvalue weighted by atomic mass is 9.85. The van der Waals surface area contributed by atoms with Gasteiger partial charge in [0.1, 0.15) is 9.77 Å². The van der Waals surface area contributed by atoms with Crippen LogP contribution >= 0.6 is 11.3 Å². The Morgan fingerprint density at radius 1 is 1.08 bits per heavy atom. The second-order valence-electron chi connectivity index (χ2n) is 9.63. The first-order chi connectivity index (χ1) is 17.0. The molecule has 1 atom stereocenters. The van der Waals surface area contributed by atoms with Crippen molar-refractivity contribution in [2.24, 2.45) is 5.92 Å². The Bertz CT molecular complexity index is 1260. The molecule has 0 aliphatic heterocycles. The highest BCUT2D eigenvalue weighted by Crippen LogP contribution is 2.35. The van der Waals surface area contributed by atoms with E-state index in [1.54, 1.807) is 12.1 Å². The maximum atomic E-state index is 13.5. The quantitative estimate of drug-likeness (QED) is 0.375. The first-order valence-corrected chi connectivity index (χ1v) is 16.2. The summed E-state index contributed by atoms with van der Waals surface area (Å²) in [5.74, 6) is -0.191. The van der Waals surface area contributed by atoms with Gasteiger partial charge in [-0.25, -0.2) is 21.6 Å². The molecule has 0 spiro atoms. The molecule has 200 valence electrons. The standard InChI is InChI=1S/C25H36N2O6S3/c1-17(2)35(29,30)22-16-34-23(25(28)33-4)24(22)36(31,32)27-21-13-9-8-12-20(21)15-26-18(3)14-19-10-6-5-7-11-19/h8-9,12-13,16-19,26-27H,5-7,10-11,14-15H2,1-4H3/t18-/m0/s1. The number of carbonyl (C=O) groups is 1. The summed E-state index contributed by atoms with van der Waals surface area (Å²) in [5, 5.41) is 3.82. The van der Waals surface area contributed by atoms with Gasteiger partial charge < -0.3 is 10.1 Å². The molecule has 1 aromatic carbocycles. The highest BCUT2D eigenvalue weighted by molar-refractivity contribution is 7.95. The molecule has 1 saturated carbocycles. The van der Waals surface area contributed by atoms with Crippen molar-refractivity contribution in [3.05, 3.63) is 40.1 Å². The highest BCUT2D eigenvalue weighted by Gasteiger charge is 2.36. The highest BCUT2D eigenvalue weighted by atomic mass is 32.2. The van der Waals surface area contributed by atoms with Gasteiger partial charge in [0.25, 0.3) is 10.0 Å². The Morgan fingerprint density at radius 3 is 2.39 bits per heavy atom. The third kappa shape index (κ3) is 6.67. The first kappa shape index (κ1) is 28.6. The summed E-state index contributed by atoms with van der Waals surface area (Å²) < 4.78 is 60.2. The van der Waals surface area contributed by atoms with Crippen LogP contribution in [0.2, 0.25) is 0 Å². The van der Waals surface area contributed by atoms with Gasteiger partial charge in [-0.1, -0.05) is 50.3 Å². The molecule has 8 nitrogen and oxygen atoms in total. The fraction of sp³-hybridized carbons (Fsp3) is 0.560. The van der Waals surface area contributed by atoms with Crippen LogP contribution in [0, 0.1) is 5.92 Å². The number of thiophene rings is 1. The number of para-hydroxylation sites is 1. The van der Waals surface area contributed by atoms with Crippen molar-refractivity contribution in [3.8, 4) is 0 Å². The van der Waals surface area contributed by atoms with Crippen LogP contribution in [-0.4, -0.2) is 41.2 Å². The van der Waals surface area contributed by atoms with E-state index in [9.17, 15) is 21.6 Å². The molecule has 0 bridgehead atoms. The molecule has 2 aromatic rings. The molecule has 3 rings (SSSR count). The second kappa shape index (κ2) is 12.1. The van der Waals surface area contributed by atoms with E-state index in [0.29, 0.717) is 18.2 Å². The summed E-state index contributed by atoms with van der Waals surface area (Å²) in [6.45, 7) is 5.50. The zero-order valence-corrected chi connectivity index (χ0v) is 23.7. The largest absolute Gasteiger partial charge is 0.465 e. The number of sulfone groups is 1. The summed E-state index contributed by atoms with van der Waals surface area (Å²) in [5.41, 5.74) is 1.05. The topological polar surface area (TPSA) is 119 Å². The van der Waals surface area contributed by atoms with Crippen molar-refractivity contribution in [2.45, 2.75) is 86.9 Å². The summed E-state index contributed by atoms with van der Waals surface area (Å²) >= 11 is 0.740.